The first-order chi connectivity index (χ1) is 8.63. The van der Waals surface area contributed by atoms with Gasteiger partial charge in [0.05, 0.1) is 6.42 Å². The molecular formula is C13H12N2O3. The largest absolute Gasteiger partial charge is 0.481 e. The van der Waals surface area contributed by atoms with Crippen molar-refractivity contribution in [1.29, 1.82) is 0 Å². The molecule has 0 saturated heterocycles. The van der Waals surface area contributed by atoms with Gasteiger partial charge < -0.3 is 9.84 Å². The topological polar surface area (TPSA) is 72.3 Å². The summed E-state index contributed by atoms with van der Waals surface area (Å²) in [6, 6.07) is 7.07. The summed E-state index contributed by atoms with van der Waals surface area (Å²) in [7, 11) is 0. The number of nitrogens with zero attached hydrogens (tertiary/aromatic N) is 2. The average molecular weight is 244 g/mol. The van der Waals surface area contributed by atoms with Gasteiger partial charge >= 0.3 is 12.0 Å². The van der Waals surface area contributed by atoms with E-state index in [1.165, 1.54) is 0 Å². The molecular weight excluding hydrogens is 232 g/mol. The molecule has 0 aliphatic carbocycles. The highest BCUT2D eigenvalue weighted by molar-refractivity contribution is 5.70. The van der Waals surface area contributed by atoms with Crippen LogP contribution in [-0.4, -0.2) is 21.0 Å². The van der Waals surface area contributed by atoms with Crippen molar-refractivity contribution >= 4 is 5.97 Å². The Kier molecular flexibility index (Phi) is 3.52. The number of benzene rings is 1. The molecule has 0 spiro atoms. The van der Waals surface area contributed by atoms with Crippen LogP contribution in [0.5, 0.6) is 11.8 Å². The van der Waals surface area contributed by atoms with E-state index in [4.69, 9.17) is 9.84 Å². The Hall–Kier alpha value is -2.43. The molecule has 0 aliphatic heterocycles. The fraction of sp³-hybridized carbons (Fsp3) is 0.154. The number of ether oxygens (including phenoxy) is 1. The molecule has 0 fully saturated rings. The number of hydrogen-bond donors (Lipinski definition) is 1. The smallest absolute Gasteiger partial charge is 0.321 e. The van der Waals surface area contributed by atoms with Crippen LogP contribution in [0.25, 0.3) is 0 Å². The van der Waals surface area contributed by atoms with Gasteiger partial charge in [0.1, 0.15) is 5.75 Å². The third kappa shape index (κ3) is 3.28. The summed E-state index contributed by atoms with van der Waals surface area (Å²) in [6.07, 6.45) is 3.34. The van der Waals surface area contributed by atoms with Crippen molar-refractivity contribution in [2.24, 2.45) is 0 Å². The fourth-order valence-corrected chi connectivity index (χ4v) is 1.39. The molecule has 1 aromatic carbocycles. The third-order valence-electron chi connectivity index (χ3n) is 2.25. The van der Waals surface area contributed by atoms with E-state index >= 15 is 0 Å². The number of rotatable bonds is 4. The van der Waals surface area contributed by atoms with Crippen LogP contribution in [0.1, 0.15) is 11.1 Å². The molecule has 5 nitrogen and oxygen atoms in total. The SMILES string of the molecule is Cc1cnc(Oc2ccc(CC(=O)O)cc2)nc1. The molecule has 0 atom stereocenters. The predicted molar refractivity (Wildman–Crippen MR) is 64.6 cm³/mol. The van der Waals surface area contributed by atoms with Crippen LogP contribution in [0, 0.1) is 6.92 Å². The number of aliphatic carboxylic acids is 1. The van der Waals surface area contributed by atoms with Crippen LogP contribution >= 0.6 is 0 Å². The second-order valence-corrected chi connectivity index (χ2v) is 3.86. The molecule has 2 aromatic rings. The molecule has 1 N–H and O–H groups in total. The zero-order chi connectivity index (χ0) is 13.0. The van der Waals surface area contributed by atoms with E-state index in [-0.39, 0.29) is 12.4 Å². The summed E-state index contributed by atoms with van der Waals surface area (Å²) in [4.78, 5) is 18.6. The quantitative estimate of drug-likeness (QED) is 0.892. The van der Waals surface area contributed by atoms with E-state index < -0.39 is 5.97 Å². The van der Waals surface area contributed by atoms with E-state index in [1.54, 1.807) is 36.7 Å². The fourth-order valence-electron chi connectivity index (χ4n) is 1.39. The van der Waals surface area contributed by atoms with Gasteiger partial charge in [-0.15, -0.1) is 0 Å². The van der Waals surface area contributed by atoms with Gasteiger partial charge in [-0.1, -0.05) is 12.1 Å². The highest BCUT2D eigenvalue weighted by atomic mass is 16.5. The standard InChI is InChI=1S/C13H12N2O3/c1-9-7-14-13(15-8-9)18-11-4-2-10(3-5-11)6-12(16)17/h2-5,7-8H,6H2,1H3,(H,16,17). The van der Waals surface area contributed by atoms with Gasteiger partial charge in [-0.05, 0) is 30.2 Å². The first-order valence-corrected chi connectivity index (χ1v) is 5.41. The Bertz CT molecular complexity index is 535. The molecule has 1 heterocycles. The molecule has 0 radical (unpaired) electrons. The van der Waals surface area contributed by atoms with E-state index in [0.717, 1.165) is 11.1 Å². The Labute approximate surface area is 104 Å². The number of hydrogen-bond acceptors (Lipinski definition) is 4. The maximum atomic E-state index is 10.5. The molecule has 92 valence electrons. The van der Waals surface area contributed by atoms with E-state index in [2.05, 4.69) is 9.97 Å². The lowest BCUT2D eigenvalue weighted by molar-refractivity contribution is -0.136. The lowest BCUT2D eigenvalue weighted by atomic mass is 10.1. The van der Waals surface area contributed by atoms with E-state index in [0.29, 0.717) is 5.75 Å². The number of aryl methyl sites for hydroxylation is 1. The van der Waals surface area contributed by atoms with Crippen LogP contribution in [0.3, 0.4) is 0 Å². The number of carbonyl (C=O) groups is 1. The lowest BCUT2D eigenvalue weighted by Gasteiger charge is -2.04. The molecule has 0 amide bonds. The van der Waals surface area contributed by atoms with Crippen LogP contribution < -0.4 is 4.74 Å². The molecule has 0 bridgehead atoms. The minimum atomic E-state index is -0.856. The molecule has 0 aliphatic rings. The van der Waals surface area contributed by atoms with Gasteiger partial charge in [-0.3, -0.25) is 4.79 Å². The zero-order valence-electron chi connectivity index (χ0n) is 9.83. The maximum Gasteiger partial charge on any atom is 0.321 e. The highest BCUT2D eigenvalue weighted by Crippen LogP contribution is 2.18. The first kappa shape index (κ1) is 12.0. The lowest BCUT2D eigenvalue weighted by Crippen LogP contribution is -1.99. The summed E-state index contributed by atoms with van der Waals surface area (Å²) in [5.41, 5.74) is 1.68. The Morgan fingerprint density at radius 3 is 2.39 bits per heavy atom. The first-order valence-electron chi connectivity index (χ1n) is 5.41. The average Bonchev–Trinajstić information content (AvgIpc) is 2.34. The minimum Gasteiger partial charge on any atom is -0.481 e. The highest BCUT2D eigenvalue weighted by Gasteiger charge is 2.02. The molecule has 0 unspecified atom stereocenters. The van der Waals surface area contributed by atoms with Crippen molar-refractivity contribution in [2.75, 3.05) is 0 Å². The van der Waals surface area contributed by atoms with Crippen LogP contribution in [0.2, 0.25) is 0 Å². The van der Waals surface area contributed by atoms with Crippen LogP contribution in [-0.2, 0) is 11.2 Å². The monoisotopic (exact) mass is 244 g/mol. The van der Waals surface area contributed by atoms with Crippen LogP contribution in [0.4, 0.5) is 0 Å². The summed E-state index contributed by atoms with van der Waals surface area (Å²) in [5.74, 6) is -0.279. The molecule has 2 rings (SSSR count). The van der Waals surface area contributed by atoms with Gasteiger partial charge in [0.15, 0.2) is 0 Å². The Morgan fingerprint density at radius 1 is 1.22 bits per heavy atom. The van der Waals surface area contributed by atoms with Crippen molar-refractivity contribution in [1.82, 2.24) is 9.97 Å². The predicted octanol–water partition coefficient (Wildman–Crippen LogP) is 2.20. The van der Waals surface area contributed by atoms with Gasteiger partial charge in [-0.25, -0.2) is 9.97 Å². The van der Waals surface area contributed by atoms with Gasteiger partial charge in [0.2, 0.25) is 0 Å². The summed E-state index contributed by atoms with van der Waals surface area (Å²) >= 11 is 0. The second-order valence-electron chi connectivity index (χ2n) is 3.86. The minimum absolute atomic E-state index is 0.00130. The van der Waals surface area contributed by atoms with Gasteiger partial charge in [0, 0.05) is 12.4 Å². The Morgan fingerprint density at radius 2 is 1.83 bits per heavy atom. The van der Waals surface area contributed by atoms with Crippen molar-refractivity contribution in [3.63, 3.8) is 0 Å². The molecule has 5 heteroatoms. The zero-order valence-corrected chi connectivity index (χ0v) is 9.83. The van der Waals surface area contributed by atoms with Gasteiger partial charge in [0.25, 0.3) is 0 Å². The summed E-state index contributed by atoms with van der Waals surface area (Å²) < 4.78 is 5.42. The molecule has 0 saturated carbocycles. The summed E-state index contributed by atoms with van der Waals surface area (Å²) in [6.45, 7) is 1.89. The van der Waals surface area contributed by atoms with Crippen molar-refractivity contribution in [3.8, 4) is 11.8 Å². The van der Waals surface area contributed by atoms with Crippen molar-refractivity contribution in [3.05, 3.63) is 47.8 Å². The third-order valence-corrected chi connectivity index (χ3v) is 2.25. The van der Waals surface area contributed by atoms with E-state index in [9.17, 15) is 4.79 Å². The van der Waals surface area contributed by atoms with Crippen molar-refractivity contribution in [2.45, 2.75) is 13.3 Å². The normalized spacial score (nSPS) is 10.1. The second kappa shape index (κ2) is 5.27. The molecule has 1 aromatic heterocycles. The van der Waals surface area contributed by atoms with Gasteiger partial charge in [-0.2, -0.15) is 0 Å². The number of carboxylic acid groups (broad SMARTS) is 1. The maximum absolute atomic E-state index is 10.5. The number of carboxylic acids is 1. The Balaban J connectivity index is 2.06. The van der Waals surface area contributed by atoms with E-state index in [1.807, 2.05) is 6.92 Å². The van der Waals surface area contributed by atoms with Crippen molar-refractivity contribution < 1.29 is 14.6 Å². The summed E-state index contributed by atoms with van der Waals surface area (Å²) in [5, 5.41) is 8.65. The van der Waals surface area contributed by atoms with Crippen LogP contribution in [0.15, 0.2) is 36.7 Å². The molecule has 18 heavy (non-hydrogen) atoms. The number of aromatic nitrogens is 2.